The van der Waals surface area contributed by atoms with E-state index in [9.17, 15) is 4.79 Å². The van der Waals surface area contributed by atoms with Crippen LogP contribution in [0.25, 0.3) is 0 Å². The Labute approximate surface area is 127 Å². The summed E-state index contributed by atoms with van der Waals surface area (Å²) < 4.78 is 5.34. The molecule has 1 N–H and O–H groups in total. The van der Waals surface area contributed by atoms with Gasteiger partial charge in [-0.3, -0.25) is 4.79 Å². The predicted molar refractivity (Wildman–Crippen MR) is 80.2 cm³/mol. The Hall–Kier alpha value is -1.71. The van der Waals surface area contributed by atoms with E-state index in [1.165, 1.54) is 0 Å². The van der Waals surface area contributed by atoms with E-state index >= 15 is 0 Å². The summed E-state index contributed by atoms with van der Waals surface area (Å²) in [5.41, 5.74) is 0.942. The number of benzene rings is 2. The van der Waals surface area contributed by atoms with Gasteiger partial charge in [0.25, 0.3) is 5.91 Å². The van der Waals surface area contributed by atoms with Crippen LogP contribution in [0.15, 0.2) is 48.5 Å². The molecule has 2 aromatic carbocycles. The topological polar surface area (TPSA) is 38.3 Å². The molecule has 0 spiro atoms. The largest absolute Gasteiger partial charge is 0.484 e. The molecular weight excluding hydrogens is 297 g/mol. The zero-order valence-electron chi connectivity index (χ0n) is 10.6. The molecule has 0 bridgehead atoms. The predicted octanol–water partition coefficient (Wildman–Crippen LogP) is 3.69. The Morgan fingerprint density at radius 3 is 2.50 bits per heavy atom. The number of ether oxygens (including phenoxy) is 1. The second-order valence-electron chi connectivity index (χ2n) is 4.15. The molecule has 0 aliphatic heterocycles. The Balaban J connectivity index is 1.77. The summed E-state index contributed by atoms with van der Waals surface area (Å²) in [6, 6.07) is 14.2. The number of hydrogen-bond acceptors (Lipinski definition) is 2. The highest BCUT2D eigenvalue weighted by molar-refractivity contribution is 6.30. The number of halogens is 2. The minimum Gasteiger partial charge on any atom is -0.484 e. The van der Waals surface area contributed by atoms with Crippen LogP contribution in [0, 0.1) is 0 Å². The van der Waals surface area contributed by atoms with Crippen molar-refractivity contribution in [1.82, 2.24) is 5.32 Å². The first-order valence-corrected chi connectivity index (χ1v) is 6.78. The van der Waals surface area contributed by atoms with E-state index < -0.39 is 0 Å². The molecule has 0 fully saturated rings. The summed E-state index contributed by atoms with van der Waals surface area (Å²) in [5.74, 6) is 0.409. The van der Waals surface area contributed by atoms with Gasteiger partial charge in [0.2, 0.25) is 0 Å². The molecule has 0 heterocycles. The maximum absolute atomic E-state index is 11.6. The second-order valence-corrected chi connectivity index (χ2v) is 5.02. The van der Waals surface area contributed by atoms with Crippen molar-refractivity contribution in [2.45, 2.75) is 6.54 Å². The van der Waals surface area contributed by atoms with Crippen molar-refractivity contribution in [3.05, 3.63) is 64.1 Å². The quantitative estimate of drug-likeness (QED) is 0.914. The maximum Gasteiger partial charge on any atom is 0.258 e. The molecule has 1 amide bonds. The molecule has 0 aliphatic rings. The standard InChI is InChI=1S/C15H13Cl2NO2/c16-12-4-6-14(7-5-12)20-10-15(19)18-9-11-2-1-3-13(17)8-11/h1-8H,9-10H2,(H,18,19). The zero-order valence-corrected chi connectivity index (χ0v) is 12.1. The van der Waals surface area contributed by atoms with Gasteiger partial charge >= 0.3 is 0 Å². The Bertz CT molecular complexity index is 585. The summed E-state index contributed by atoms with van der Waals surface area (Å²) in [4.78, 5) is 11.6. The van der Waals surface area contributed by atoms with E-state index in [0.29, 0.717) is 22.3 Å². The average Bonchev–Trinajstić information content (AvgIpc) is 2.45. The fourth-order valence-corrected chi connectivity index (χ4v) is 1.92. The van der Waals surface area contributed by atoms with E-state index in [-0.39, 0.29) is 12.5 Å². The third kappa shape index (κ3) is 4.76. The van der Waals surface area contributed by atoms with Gasteiger partial charge in [-0.1, -0.05) is 35.3 Å². The third-order valence-electron chi connectivity index (χ3n) is 2.56. The molecule has 0 radical (unpaired) electrons. The van der Waals surface area contributed by atoms with Crippen LogP contribution in [0.4, 0.5) is 0 Å². The van der Waals surface area contributed by atoms with Crippen LogP contribution < -0.4 is 10.1 Å². The lowest BCUT2D eigenvalue weighted by Gasteiger charge is -2.08. The van der Waals surface area contributed by atoms with Crippen LogP contribution >= 0.6 is 23.2 Å². The number of carbonyl (C=O) groups excluding carboxylic acids is 1. The summed E-state index contributed by atoms with van der Waals surface area (Å²) in [6.07, 6.45) is 0. The summed E-state index contributed by atoms with van der Waals surface area (Å²) in [6.45, 7) is 0.381. The highest BCUT2D eigenvalue weighted by Crippen LogP contribution is 2.15. The normalized spacial score (nSPS) is 10.1. The van der Waals surface area contributed by atoms with Crippen molar-refractivity contribution in [2.24, 2.45) is 0 Å². The number of hydrogen-bond donors (Lipinski definition) is 1. The van der Waals surface area contributed by atoms with Crippen molar-refractivity contribution >= 4 is 29.1 Å². The number of nitrogens with one attached hydrogen (secondary N) is 1. The Morgan fingerprint density at radius 1 is 1.05 bits per heavy atom. The molecule has 104 valence electrons. The van der Waals surface area contributed by atoms with Crippen molar-refractivity contribution in [1.29, 1.82) is 0 Å². The molecule has 0 saturated carbocycles. The molecule has 0 aromatic heterocycles. The highest BCUT2D eigenvalue weighted by Gasteiger charge is 2.03. The van der Waals surface area contributed by atoms with Crippen molar-refractivity contribution < 1.29 is 9.53 Å². The first kappa shape index (κ1) is 14.7. The third-order valence-corrected chi connectivity index (χ3v) is 3.05. The van der Waals surface area contributed by atoms with Crippen LogP contribution in [0.3, 0.4) is 0 Å². The minimum absolute atomic E-state index is 0.0395. The van der Waals surface area contributed by atoms with Gasteiger partial charge in [0.1, 0.15) is 5.75 Å². The Morgan fingerprint density at radius 2 is 1.80 bits per heavy atom. The number of carbonyl (C=O) groups is 1. The molecule has 0 atom stereocenters. The van der Waals surface area contributed by atoms with E-state index in [1.807, 2.05) is 18.2 Å². The smallest absolute Gasteiger partial charge is 0.258 e. The molecule has 0 unspecified atom stereocenters. The van der Waals surface area contributed by atoms with Gasteiger partial charge in [-0.05, 0) is 42.0 Å². The zero-order chi connectivity index (χ0) is 14.4. The molecule has 2 aromatic rings. The molecule has 20 heavy (non-hydrogen) atoms. The number of rotatable bonds is 5. The van der Waals surface area contributed by atoms with Gasteiger partial charge in [-0.25, -0.2) is 0 Å². The number of amides is 1. The second kappa shape index (κ2) is 7.17. The molecule has 5 heteroatoms. The Kier molecular flexibility index (Phi) is 5.27. The van der Waals surface area contributed by atoms with Crippen LogP contribution in [0.1, 0.15) is 5.56 Å². The van der Waals surface area contributed by atoms with Crippen molar-refractivity contribution in [3.63, 3.8) is 0 Å². The van der Waals surface area contributed by atoms with Crippen LogP contribution in [-0.2, 0) is 11.3 Å². The molecule has 0 saturated heterocycles. The highest BCUT2D eigenvalue weighted by atomic mass is 35.5. The average molecular weight is 310 g/mol. The fraction of sp³-hybridized carbons (Fsp3) is 0.133. The molecule has 3 nitrogen and oxygen atoms in total. The monoisotopic (exact) mass is 309 g/mol. The maximum atomic E-state index is 11.6. The van der Waals surface area contributed by atoms with Crippen LogP contribution in [0.5, 0.6) is 5.75 Å². The van der Waals surface area contributed by atoms with Crippen LogP contribution in [0.2, 0.25) is 10.0 Å². The van der Waals surface area contributed by atoms with Gasteiger partial charge in [-0.2, -0.15) is 0 Å². The minimum atomic E-state index is -0.195. The fourth-order valence-electron chi connectivity index (χ4n) is 1.58. The summed E-state index contributed by atoms with van der Waals surface area (Å²) in [7, 11) is 0. The van der Waals surface area contributed by atoms with Crippen molar-refractivity contribution in [2.75, 3.05) is 6.61 Å². The first-order valence-electron chi connectivity index (χ1n) is 6.03. The van der Waals surface area contributed by atoms with E-state index in [2.05, 4.69) is 5.32 Å². The van der Waals surface area contributed by atoms with Gasteiger partial charge in [0, 0.05) is 16.6 Å². The lowest BCUT2D eigenvalue weighted by molar-refractivity contribution is -0.123. The van der Waals surface area contributed by atoms with Crippen molar-refractivity contribution in [3.8, 4) is 5.75 Å². The SMILES string of the molecule is O=C(COc1ccc(Cl)cc1)NCc1cccc(Cl)c1. The lowest BCUT2D eigenvalue weighted by Crippen LogP contribution is -2.28. The van der Waals surface area contributed by atoms with E-state index in [4.69, 9.17) is 27.9 Å². The van der Waals surface area contributed by atoms with Gasteiger partial charge in [0.15, 0.2) is 6.61 Å². The lowest BCUT2D eigenvalue weighted by atomic mass is 10.2. The van der Waals surface area contributed by atoms with Crippen LogP contribution in [-0.4, -0.2) is 12.5 Å². The van der Waals surface area contributed by atoms with E-state index in [0.717, 1.165) is 5.56 Å². The first-order chi connectivity index (χ1) is 9.63. The summed E-state index contributed by atoms with van der Waals surface area (Å²) in [5, 5.41) is 4.03. The van der Waals surface area contributed by atoms with Gasteiger partial charge in [-0.15, -0.1) is 0 Å². The van der Waals surface area contributed by atoms with E-state index in [1.54, 1.807) is 30.3 Å². The van der Waals surface area contributed by atoms with Gasteiger partial charge < -0.3 is 10.1 Å². The molecular formula is C15H13Cl2NO2. The molecule has 2 rings (SSSR count). The van der Waals surface area contributed by atoms with Gasteiger partial charge in [0.05, 0.1) is 0 Å². The molecule has 0 aliphatic carbocycles. The summed E-state index contributed by atoms with van der Waals surface area (Å²) >= 11 is 11.6.